The van der Waals surface area contributed by atoms with Gasteiger partial charge in [-0.25, -0.2) is 9.36 Å². The Morgan fingerprint density at radius 1 is 1.15 bits per heavy atom. The Balaban J connectivity index is 1.72. The zero-order valence-corrected chi connectivity index (χ0v) is 14.6. The fourth-order valence-electron chi connectivity index (χ4n) is 3.71. The van der Waals surface area contributed by atoms with Gasteiger partial charge in [0, 0.05) is 19.2 Å². The number of rotatable bonds is 2. The molecule has 0 radical (unpaired) electrons. The van der Waals surface area contributed by atoms with Crippen molar-refractivity contribution in [3.05, 3.63) is 52.6 Å². The van der Waals surface area contributed by atoms with Gasteiger partial charge in [0.1, 0.15) is 5.75 Å². The van der Waals surface area contributed by atoms with E-state index in [-0.39, 0.29) is 5.56 Å². The lowest BCUT2D eigenvalue weighted by molar-refractivity contribution is 0.326. The molecule has 5 rings (SSSR count). The molecule has 3 aromatic rings. The van der Waals surface area contributed by atoms with Crippen molar-refractivity contribution in [1.29, 1.82) is 0 Å². The fraction of sp³-hybridized carbons (Fsp3) is 0.316. The minimum absolute atomic E-state index is 0.229. The van der Waals surface area contributed by atoms with E-state index in [1.54, 1.807) is 17.9 Å². The Hall–Kier alpha value is -2.93. The molecule has 7 nitrogen and oxygen atoms in total. The molecule has 0 bridgehead atoms. The van der Waals surface area contributed by atoms with Crippen LogP contribution in [0.4, 0.5) is 0 Å². The predicted molar refractivity (Wildman–Crippen MR) is 96.6 cm³/mol. The predicted octanol–water partition coefficient (Wildman–Crippen LogP) is 2.33. The molecule has 7 heteroatoms. The highest BCUT2D eigenvalue weighted by atomic mass is 16.5. The lowest BCUT2D eigenvalue weighted by Crippen LogP contribution is -2.25. The summed E-state index contributed by atoms with van der Waals surface area (Å²) in [4.78, 5) is 15.2. The zero-order chi connectivity index (χ0) is 17.7. The van der Waals surface area contributed by atoms with Crippen molar-refractivity contribution in [2.75, 3.05) is 13.1 Å². The van der Waals surface area contributed by atoms with Gasteiger partial charge >= 0.3 is 0 Å². The lowest BCUT2D eigenvalue weighted by atomic mass is 10.1. The Bertz CT molecular complexity index is 1050. The highest BCUT2D eigenvalue weighted by Crippen LogP contribution is 2.39. The largest absolute Gasteiger partial charge is 0.452 e. The van der Waals surface area contributed by atoms with Crippen molar-refractivity contribution in [3.8, 4) is 28.4 Å². The maximum atomic E-state index is 12.8. The van der Waals surface area contributed by atoms with Gasteiger partial charge in [-0.2, -0.15) is 10.2 Å². The van der Waals surface area contributed by atoms with Crippen molar-refractivity contribution < 1.29 is 4.74 Å². The topological polar surface area (TPSA) is 65.2 Å². The number of fused-ring (bicyclic) bond motifs is 5. The van der Waals surface area contributed by atoms with Crippen molar-refractivity contribution in [2.24, 2.45) is 7.05 Å². The molecule has 0 atom stereocenters. The Morgan fingerprint density at radius 3 is 2.81 bits per heavy atom. The van der Waals surface area contributed by atoms with Crippen LogP contribution in [-0.2, 0) is 13.6 Å². The second-order valence-corrected chi connectivity index (χ2v) is 6.80. The first kappa shape index (κ1) is 15.3. The van der Waals surface area contributed by atoms with Crippen LogP contribution in [-0.4, -0.2) is 37.6 Å². The average Bonchev–Trinajstić information content (AvgIpc) is 3.27. The number of aryl methyl sites for hydroxylation is 1. The van der Waals surface area contributed by atoms with Gasteiger partial charge in [-0.1, -0.05) is 12.1 Å². The molecule has 4 heterocycles. The van der Waals surface area contributed by atoms with Gasteiger partial charge in [0.2, 0.25) is 0 Å². The molecular formula is C19H19N5O2. The standard InChI is InChI=1S/C19H19N5O2/c1-22-19(25)18-17(11-20-22)26-16-7-3-2-6-14(16)15-10-13(21-24(15)18)12-23-8-4-5-9-23/h2-3,6-7,10-11H,4-5,8-9,12H2,1H3. The smallest absolute Gasteiger partial charge is 0.296 e. The number of ether oxygens (including phenoxy) is 1. The highest BCUT2D eigenvalue weighted by Gasteiger charge is 2.26. The molecule has 2 aliphatic rings. The molecule has 1 fully saturated rings. The number of hydrogen-bond donors (Lipinski definition) is 0. The van der Waals surface area contributed by atoms with E-state index in [1.165, 1.54) is 17.5 Å². The third-order valence-electron chi connectivity index (χ3n) is 5.02. The number of para-hydroxylation sites is 1. The Kier molecular flexibility index (Phi) is 3.43. The molecular weight excluding hydrogens is 330 g/mol. The molecule has 0 amide bonds. The van der Waals surface area contributed by atoms with Gasteiger partial charge in [0.25, 0.3) is 5.56 Å². The van der Waals surface area contributed by atoms with E-state index in [0.717, 1.165) is 36.6 Å². The molecule has 0 aliphatic carbocycles. The fourth-order valence-corrected chi connectivity index (χ4v) is 3.71. The van der Waals surface area contributed by atoms with Gasteiger partial charge in [-0.3, -0.25) is 9.69 Å². The van der Waals surface area contributed by atoms with Crippen molar-refractivity contribution in [1.82, 2.24) is 24.5 Å². The summed E-state index contributed by atoms with van der Waals surface area (Å²) in [6, 6.07) is 9.84. The van der Waals surface area contributed by atoms with Crippen LogP contribution in [0.5, 0.6) is 11.5 Å². The van der Waals surface area contributed by atoms with Gasteiger partial charge in [0.15, 0.2) is 11.4 Å². The second kappa shape index (κ2) is 5.81. The molecule has 0 spiro atoms. The van der Waals surface area contributed by atoms with Crippen molar-refractivity contribution >= 4 is 0 Å². The van der Waals surface area contributed by atoms with Gasteiger partial charge in [-0.15, -0.1) is 0 Å². The summed E-state index contributed by atoms with van der Waals surface area (Å²) in [6.07, 6.45) is 4.04. The van der Waals surface area contributed by atoms with Crippen LogP contribution < -0.4 is 10.3 Å². The van der Waals surface area contributed by atoms with Crippen LogP contribution in [0.2, 0.25) is 0 Å². The number of nitrogens with zero attached hydrogens (tertiary/aromatic N) is 5. The van der Waals surface area contributed by atoms with E-state index >= 15 is 0 Å². The lowest BCUT2D eigenvalue weighted by Gasteiger charge is -2.12. The SMILES string of the molecule is Cn1ncc2c(c1=O)-n1nc(CN3CCCC3)cc1-c1ccccc1O2. The second-order valence-electron chi connectivity index (χ2n) is 6.80. The number of likely N-dealkylation sites (tertiary alicyclic amines) is 1. The summed E-state index contributed by atoms with van der Waals surface area (Å²) in [5.74, 6) is 1.13. The average molecular weight is 349 g/mol. The van der Waals surface area contributed by atoms with Crippen molar-refractivity contribution in [3.63, 3.8) is 0 Å². The number of hydrogen-bond acceptors (Lipinski definition) is 5. The number of benzene rings is 1. The molecule has 0 saturated carbocycles. The first-order chi connectivity index (χ1) is 12.7. The maximum Gasteiger partial charge on any atom is 0.296 e. The summed E-state index contributed by atoms with van der Waals surface area (Å²) in [5, 5.41) is 8.87. The third kappa shape index (κ3) is 2.35. The van der Waals surface area contributed by atoms with E-state index in [4.69, 9.17) is 9.84 Å². The molecule has 0 N–H and O–H groups in total. The summed E-state index contributed by atoms with van der Waals surface area (Å²) in [5.41, 5.74) is 2.93. The van der Waals surface area contributed by atoms with Crippen LogP contribution in [0, 0.1) is 0 Å². The molecule has 0 unspecified atom stereocenters. The Morgan fingerprint density at radius 2 is 1.96 bits per heavy atom. The molecule has 1 aromatic carbocycles. The quantitative estimate of drug-likeness (QED) is 0.556. The van der Waals surface area contributed by atoms with Crippen LogP contribution in [0.25, 0.3) is 16.9 Å². The van der Waals surface area contributed by atoms with E-state index in [2.05, 4.69) is 16.1 Å². The molecule has 2 aromatic heterocycles. The van der Waals surface area contributed by atoms with Crippen LogP contribution in [0.15, 0.2) is 41.3 Å². The summed E-state index contributed by atoms with van der Waals surface area (Å²) in [6.45, 7) is 3.00. The maximum absolute atomic E-state index is 12.8. The molecule has 1 saturated heterocycles. The molecule has 2 aliphatic heterocycles. The summed E-state index contributed by atoms with van der Waals surface area (Å²) < 4.78 is 9.03. The van der Waals surface area contributed by atoms with Crippen LogP contribution in [0.1, 0.15) is 18.5 Å². The van der Waals surface area contributed by atoms with Crippen LogP contribution in [0.3, 0.4) is 0 Å². The first-order valence-corrected chi connectivity index (χ1v) is 8.86. The van der Waals surface area contributed by atoms with Crippen molar-refractivity contribution in [2.45, 2.75) is 19.4 Å². The zero-order valence-electron chi connectivity index (χ0n) is 14.6. The van der Waals surface area contributed by atoms with Gasteiger partial charge in [-0.05, 0) is 44.1 Å². The summed E-state index contributed by atoms with van der Waals surface area (Å²) >= 11 is 0. The molecule has 26 heavy (non-hydrogen) atoms. The normalized spacial score (nSPS) is 15.7. The van der Waals surface area contributed by atoms with Crippen LogP contribution >= 0.6 is 0 Å². The highest BCUT2D eigenvalue weighted by molar-refractivity contribution is 5.72. The summed E-state index contributed by atoms with van der Waals surface area (Å²) in [7, 11) is 1.63. The van der Waals surface area contributed by atoms with E-state index in [0.29, 0.717) is 17.2 Å². The minimum atomic E-state index is -0.229. The monoisotopic (exact) mass is 349 g/mol. The minimum Gasteiger partial charge on any atom is -0.452 e. The molecule has 132 valence electrons. The first-order valence-electron chi connectivity index (χ1n) is 8.86. The van der Waals surface area contributed by atoms with E-state index in [9.17, 15) is 4.79 Å². The van der Waals surface area contributed by atoms with E-state index in [1.807, 2.05) is 24.3 Å². The van der Waals surface area contributed by atoms with E-state index < -0.39 is 0 Å². The Labute approximate surface area is 150 Å². The van der Waals surface area contributed by atoms with Gasteiger partial charge in [0.05, 0.1) is 17.6 Å². The number of aromatic nitrogens is 4. The third-order valence-corrected chi connectivity index (χ3v) is 5.02. The van der Waals surface area contributed by atoms with Gasteiger partial charge < -0.3 is 4.74 Å².